The van der Waals surface area contributed by atoms with Crippen LogP contribution in [0.3, 0.4) is 0 Å². The van der Waals surface area contributed by atoms with E-state index in [0.717, 1.165) is 17.1 Å². The molecule has 0 amide bonds. The first-order valence-electron chi connectivity index (χ1n) is 23.6. The molecule has 0 N–H and O–H groups in total. The van der Waals surface area contributed by atoms with E-state index < -0.39 is 0 Å². The van der Waals surface area contributed by atoms with E-state index in [1.807, 2.05) is 0 Å². The fraction of sp³-hybridized carbons (Fsp3) is 0.188. The van der Waals surface area contributed by atoms with Crippen LogP contribution in [0.15, 0.2) is 188 Å². The maximum atomic E-state index is 2.53. The zero-order chi connectivity index (χ0) is 45.7. The van der Waals surface area contributed by atoms with Crippen molar-refractivity contribution in [1.29, 1.82) is 0 Å². The van der Waals surface area contributed by atoms with Crippen molar-refractivity contribution in [3.05, 3.63) is 205 Å². The summed E-state index contributed by atoms with van der Waals surface area (Å²) in [4.78, 5) is 2.50. The number of para-hydroxylation sites is 1. The van der Waals surface area contributed by atoms with E-state index in [1.54, 1.807) is 0 Å². The summed E-state index contributed by atoms with van der Waals surface area (Å²) in [6, 6.07) is 70.9. The lowest BCUT2D eigenvalue weighted by atomic mass is 9.85. The normalized spacial score (nSPS) is 12.6. The van der Waals surface area contributed by atoms with Crippen molar-refractivity contribution in [3.63, 3.8) is 0 Å². The van der Waals surface area contributed by atoms with Gasteiger partial charge in [0.05, 0.1) is 28.1 Å². The van der Waals surface area contributed by atoms with E-state index in [2.05, 4.69) is 260 Å². The summed E-state index contributed by atoms with van der Waals surface area (Å²) >= 11 is 0. The average Bonchev–Trinajstić information content (AvgIpc) is 3.64. The number of anilines is 3. The molecule has 11 aromatic rings. The SMILES string of the molecule is CC(C)(C)c1ccc(N(c2ccccc2-c2cccc(-c3ccccc3)c2)c2ccc3ccc4c(-n5c6ccc(C(C)(C)C)cc6c6cc(C(C)(C)C)ccc65)ccc5ccc2c3c54)cc1. The van der Waals surface area contributed by atoms with Crippen LogP contribution in [0.4, 0.5) is 17.1 Å². The quantitative estimate of drug-likeness (QED) is 0.151. The summed E-state index contributed by atoms with van der Waals surface area (Å²) in [7, 11) is 0. The van der Waals surface area contributed by atoms with Crippen LogP contribution < -0.4 is 4.90 Å². The molecule has 0 aliphatic rings. The minimum absolute atomic E-state index is 0.0317. The van der Waals surface area contributed by atoms with Crippen molar-refractivity contribution in [2.45, 2.75) is 78.6 Å². The van der Waals surface area contributed by atoms with Gasteiger partial charge in [-0.2, -0.15) is 0 Å². The number of hydrogen-bond donors (Lipinski definition) is 0. The molecule has 0 saturated carbocycles. The van der Waals surface area contributed by atoms with Crippen molar-refractivity contribution in [2.24, 2.45) is 0 Å². The monoisotopic (exact) mass is 854 g/mol. The Bertz CT molecular complexity index is 3550. The van der Waals surface area contributed by atoms with Gasteiger partial charge < -0.3 is 9.47 Å². The number of rotatable bonds is 6. The molecule has 0 atom stereocenters. The standard InChI is InChI=1S/C64H58N2/c1-62(2,3)46-26-30-49(31-27-46)65(55-21-14-13-20-50(55)45-19-15-18-44(38-45)41-16-11-10-12-17-41)56-34-24-42-23-33-52-57(35-25-43-22-32-51(56)60(42)61(43)52)66-58-36-28-47(63(4,5)6)39-53(58)54-40-48(64(7,8)9)29-37-59(54)66/h10-40H,1-9H3. The number of aromatic nitrogens is 1. The first-order chi connectivity index (χ1) is 31.6. The molecule has 0 unspecified atom stereocenters. The minimum atomic E-state index is 0.0317. The van der Waals surface area contributed by atoms with Gasteiger partial charge in [-0.1, -0.05) is 190 Å². The summed E-state index contributed by atoms with van der Waals surface area (Å²) in [5.41, 5.74) is 16.0. The van der Waals surface area contributed by atoms with Gasteiger partial charge in [-0.25, -0.2) is 0 Å². The Hall–Kier alpha value is -7.16. The van der Waals surface area contributed by atoms with Gasteiger partial charge in [0, 0.05) is 32.8 Å². The molecular formula is C64H58N2. The second-order valence-corrected chi connectivity index (χ2v) is 21.5. The molecule has 0 bridgehead atoms. The Balaban J connectivity index is 1.16. The van der Waals surface area contributed by atoms with E-state index in [-0.39, 0.29) is 16.2 Å². The van der Waals surface area contributed by atoms with Crippen LogP contribution in [-0.2, 0) is 16.2 Å². The minimum Gasteiger partial charge on any atom is -0.309 e. The molecule has 1 heterocycles. The average molecular weight is 855 g/mol. The van der Waals surface area contributed by atoms with Gasteiger partial charge in [-0.05, 0) is 132 Å². The molecule has 0 spiro atoms. The third-order valence-electron chi connectivity index (χ3n) is 14.0. The van der Waals surface area contributed by atoms with Gasteiger partial charge >= 0.3 is 0 Å². The summed E-state index contributed by atoms with van der Waals surface area (Å²) in [6.45, 7) is 20.7. The highest BCUT2D eigenvalue weighted by molar-refractivity contribution is 6.27. The van der Waals surface area contributed by atoms with Crippen LogP contribution in [0.5, 0.6) is 0 Å². The fourth-order valence-corrected chi connectivity index (χ4v) is 10.3. The molecular weight excluding hydrogens is 797 g/mol. The molecule has 1 aromatic heterocycles. The van der Waals surface area contributed by atoms with Crippen molar-refractivity contribution in [1.82, 2.24) is 4.57 Å². The first kappa shape index (κ1) is 41.5. The molecule has 0 aliphatic heterocycles. The molecule has 2 heteroatoms. The third kappa shape index (κ3) is 6.94. The largest absolute Gasteiger partial charge is 0.309 e. The molecule has 10 aromatic carbocycles. The smallest absolute Gasteiger partial charge is 0.0541 e. The molecule has 0 aliphatic carbocycles. The van der Waals surface area contributed by atoms with Crippen molar-refractivity contribution in [3.8, 4) is 27.9 Å². The maximum absolute atomic E-state index is 2.53. The van der Waals surface area contributed by atoms with Crippen molar-refractivity contribution >= 4 is 71.2 Å². The van der Waals surface area contributed by atoms with Crippen LogP contribution in [0, 0.1) is 0 Å². The summed E-state index contributed by atoms with van der Waals surface area (Å²) in [5, 5.41) is 10.1. The van der Waals surface area contributed by atoms with E-state index in [9.17, 15) is 0 Å². The molecule has 324 valence electrons. The Morgan fingerprint density at radius 1 is 0.348 bits per heavy atom. The second kappa shape index (κ2) is 15.2. The predicted molar refractivity (Wildman–Crippen MR) is 286 cm³/mol. The molecule has 11 rings (SSSR count). The van der Waals surface area contributed by atoms with Crippen molar-refractivity contribution < 1.29 is 0 Å². The van der Waals surface area contributed by atoms with Gasteiger partial charge in [0.25, 0.3) is 0 Å². The third-order valence-corrected chi connectivity index (χ3v) is 14.0. The highest BCUT2D eigenvalue weighted by Crippen LogP contribution is 2.48. The van der Waals surface area contributed by atoms with E-state index in [0.29, 0.717) is 0 Å². The van der Waals surface area contributed by atoms with Crippen LogP contribution in [-0.4, -0.2) is 4.57 Å². The van der Waals surface area contributed by atoms with Crippen LogP contribution in [0.25, 0.3) is 82.1 Å². The number of nitrogens with zero attached hydrogens (tertiary/aromatic N) is 2. The molecule has 0 saturated heterocycles. The molecule has 0 radical (unpaired) electrons. The number of fused-ring (bicyclic) bond motifs is 3. The van der Waals surface area contributed by atoms with Crippen LogP contribution >= 0.6 is 0 Å². The summed E-state index contributed by atoms with van der Waals surface area (Å²) in [6.07, 6.45) is 0. The van der Waals surface area contributed by atoms with Gasteiger partial charge in [-0.15, -0.1) is 0 Å². The number of benzene rings is 10. The van der Waals surface area contributed by atoms with Gasteiger partial charge in [-0.3, -0.25) is 0 Å². The predicted octanol–water partition coefficient (Wildman–Crippen LogP) is 18.4. The molecule has 0 fully saturated rings. The first-order valence-corrected chi connectivity index (χ1v) is 23.6. The van der Waals surface area contributed by atoms with Gasteiger partial charge in [0.15, 0.2) is 0 Å². The van der Waals surface area contributed by atoms with E-state index >= 15 is 0 Å². The Labute approximate surface area is 390 Å². The zero-order valence-electron chi connectivity index (χ0n) is 39.8. The highest BCUT2D eigenvalue weighted by Gasteiger charge is 2.25. The lowest BCUT2D eigenvalue weighted by molar-refractivity contribution is 0.590. The molecule has 66 heavy (non-hydrogen) atoms. The summed E-state index contributed by atoms with van der Waals surface area (Å²) < 4.78 is 2.53. The number of hydrogen-bond acceptors (Lipinski definition) is 1. The van der Waals surface area contributed by atoms with Crippen molar-refractivity contribution in [2.75, 3.05) is 4.90 Å². The van der Waals surface area contributed by atoms with Gasteiger partial charge in [0.2, 0.25) is 0 Å². The topological polar surface area (TPSA) is 8.17 Å². The van der Waals surface area contributed by atoms with E-state index in [4.69, 9.17) is 0 Å². The summed E-state index contributed by atoms with van der Waals surface area (Å²) in [5.74, 6) is 0. The van der Waals surface area contributed by atoms with Crippen LogP contribution in [0.2, 0.25) is 0 Å². The van der Waals surface area contributed by atoms with Crippen LogP contribution in [0.1, 0.15) is 79.0 Å². The fourth-order valence-electron chi connectivity index (χ4n) is 10.3. The Kier molecular flexibility index (Phi) is 9.57. The zero-order valence-corrected chi connectivity index (χ0v) is 39.8. The van der Waals surface area contributed by atoms with E-state index in [1.165, 1.54) is 98.8 Å². The lowest BCUT2D eigenvalue weighted by Gasteiger charge is -2.30. The Morgan fingerprint density at radius 3 is 1.50 bits per heavy atom. The lowest BCUT2D eigenvalue weighted by Crippen LogP contribution is -2.14. The second-order valence-electron chi connectivity index (χ2n) is 21.5. The maximum Gasteiger partial charge on any atom is 0.0541 e. The highest BCUT2D eigenvalue weighted by atomic mass is 15.1. The van der Waals surface area contributed by atoms with Gasteiger partial charge in [0.1, 0.15) is 0 Å². The Morgan fingerprint density at radius 2 is 0.864 bits per heavy atom. The molecule has 2 nitrogen and oxygen atoms in total.